The van der Waals surface area contributed by atoms with Crippen molar-refractivity contribution in [1.29, 1.82) is 0 Å². The average molecular weight is 394 g/mol. The lowest BCUT2D eigenvalue weighted by Gasteiger charge is -2.22. The Balaban J connectivity index is 0.00000242. The molecule has 0 bridgehead atoms. The van der Waals surface area contributed by atoms with E-state index < -0.39 is 0 Å². The van der Waals surface area contributed by atoms with Crippen molar-refractivity contribution < 1.29 is 9.18 Å². The second-order valence-electron chi connectivity index (χ2n) is 5.57. The summed E-state index contributed by atoms with van der Waals surface area (Å²) >= 11 is 3.33. The monoisotopic (exact) mass is 392 g/mol. The molecule has 0 aromatic heterocycles. The Morgan fingerprint density at radius 1 is 1.36 bits per heavy atom. The van der Waals surface area contributed by atoms with E-state index in [9.17, 15) is 9.18 Å². The second-order valence-corrected chi connectivity index (χ2v) is 6.48. The predicted molar refractivity (Wildman–Crippen MR) is 92.9 cm³/mol. The molecule has 0 atom stereocenters. The number of carbonyl (C=O) groups excluding carboxylic acids is 1. The second kappa shape index (κ2) is 10.2. The molecule has 0 saturated carbocycles. The highest BCUT2D eigenvalue weighted by Crippen LogP contribution is 2.18. The average Bonchev–Trinajstić information content (AvgIpc) is 2.50. The fourth-order valence-electron chi connectivity index (χ4n) is 2.67. The van der Waals surface area contributed by atoms with Gasteiger partial charge in [0.15, 0.2) is 0 Å². The third-order valence-corrected chi connectivity index (χ3v) is 4.46. The number of carbonyl (C=O) groups is 1. The van der Waals surface area contributed by atoms with E-state index in [1.807, 2.05) is 0 Å². The van der Waals surface area contributed by atoms with Gasteiger partial charge < -0.3 is 10.6 Å². The number of rotatable bonds is 6. The van der Waals surface area contributed by atoms with Crippen molar-refractivity contribution in [3.63, 3.8) is 0 Å². The van der Waals surface area contributed by atoms with E-state index in [1.165, 1.54) is 6.07 Å². The lowest BCUT2D eigenvalue weighted by molar-refractivity contribution is -0.121. The Bertz CT molecular complexity index is 481. The molecule has 1 heterocycles. The van der Waals surface area contributed by atoms with Gasteiger partial charge in [0.2, 0.25) is 5.91 Å². The van der Waals surface area contributed by atoms with Crippen molar-refractivity contribution in [1.82, 2.24) is 10.6 Å². The Hall–Kier alpha value is -0.650. The molecule has 2 rings (SSSR count). The van der Waals surface area contributed by atoms with Crippen LogP contribution < -0.4 is 10.6 Å². The molecular weight excluding hydrogens is 371 g/mol. The number of piperidine rings is 1. The molecule has 1 amide bonds. The molecule has 0 aliphatic carbocycles. The van der Waals surface area contributed by atoms with E-state index >= 15 is 0 Å². The third kappa shape index (κ3) is 6.63. The lowest BCUT2D eigenvalue weighted by Crippen LogP contribution is -2.30. The number of benzene rings is 1. The molecule has 3 nitrogen and oxygen atoms in total. The van der Waals surface area contributed by atoms with Crippen LogP contribution in [0.25, 0.3) is 0 Å². The number of hydrogen-bond acceptors (Lipinski definition) is 2. The Kier molecular flexibility index (Phi) is 8.98. The summed E-state index contributed by atoms with van der Waals surface area (Å²) < 4.78 is 14.4. The minimum absolute atomic E-state index is 0. The fraction of sp³-hybridized carbons (Fsp3) is 0.562. The smallest absolute Gasteiger partial charge is 0.220 e. The first kappa shape index (κ1) is 19.4. The SMILES string of the molecule is Cl.O=C(CCC1CCNCC1)NCCc1cc(Br)ccc1F. The highest BCUT2D eigenvalue weighted by molar-refractivity contribution is 9.10. The summed E-state index contributed by atoms with van der Waals surface area (Å²) in [6.45, 7) is 2.61. The van der Waals surface area contributed by atoms with Crippen LogP contribution >= 0.6 is 28.3 Å². The van der Waals surface area contributed by atoms with Crippen LogP contribution in [0.4, 0.5) is 4.39 Å². The molecule has 2 N–H and O–H groups in total. The molecule has 0 unspecified atom stereocenters. The third-order valence-electron chi connectivity index (χ3n) is 3.96. The van der Waals surface area contributed by atoms with Crippen molar-refractivity contribution in [2.24, 2.45) is 5.92 Å². The molecule has 6 heteroatoms. The zero-order chi connectivity index (χ0) is 15.1. The summed E-state index contributed by atoms with van der Waals surface area (Å²) in [4.78, 5) is 11.8. The maximum Gasteiger partial charge on any atom is 0.220 e. The van der Waals surface area contributed by atoms with Crippen LogP contribution in [-0.2, 0) is 11.2 Å². The standard InChI is InChI=1S/C16H22BrFN2O.ClH/c17-14-2-3-15(18)13(11-14)7-10-20-16(21)4-1-12-5-8-19-9-6-12;/h2-3,11-12,19H,1,4-10H2,(H,20,21);1H. The Morgan fingerprint density at radius 2 is 2.09 bits per heavy atom. The first-order valence-electron chi connectivity index (χ1n) is 7.56. The lowest BCUT2D eigenvalue weighted by atomic mass is 9.93. The largest absolute Gasteiger partial charge is 0.356 e. The van der Waals surface area contributed by atoms with Gasteiger partial charge in [-0.05, 0) is 68.5 Å². The normalized spacial score (nSPS) is 15.2. The van der Waals surface area contributed by atoms with Crippen LogP contribution in [0.15, 0.2) is 22.7 Å². The molecule has 1 fully saturated rings. The van der Waals surface area contributed by atoms with Gasteiger partial charge in [0.05, 0.1) is 0 Å². The summed E-state index contributed by atoms with van der Waals surface area (Å²) in [6, 6.07) is 4.88. The number of nitrogens with one attached hydrogen (secondary N) is 2. The van der Waals surface area contributed by atoms with E-state index in [4.69, 9.17) is 0 Å². The summed E-state index contributed by atoms with van der Waals surface area (Å²) in [7, 11) is 0. The molecule has 0 spiro atoms. The van der Waals surface area contributed by atoms with Crippen LogP contribution in [0, 0.1) is 11.7 Å². The van der Waals surface area contributed by atoms with Crippen LogP contribution in [-0.4, -0.2) is 25.5 Å². The van der Waals surface area contributed by atoms with E-state index in [1.54, 1.807) is 12.1 Å². The number of amides is 1. The van der Waals surface area contributed by atoms with E-state index in [0.29, 0.717) is 30.9 Å². The maximum absolute atomic E-state index is 13.5. The van der Waals surface area contributed by atoms with Crippen molar-refractivity contribution in [2.45, 2.75) is 32.1 Å². The topological polar surface area (TPSA) is 41.1 Å². The van der Waals surface area contributed by atoms with Gasteiger partial charge in [0, 0.05) is 17.4 Å². The van der Waals surface area contributed by atoms with Gasteiger partial charge in [0.25, 0.3) is 0 Å². The van der Waals surface area contributed by atoms with Gasteiger partial charge in [-0.1, -0.05) is 15.9 Å². The summed E-state index contributed by atoms with van der Waals surface area (Å²) in [5, 5.41) is 6.21. The Morgan fingerprint density at radius 3 is 2.82 bits per heavy atom. The first-order valence-corrected chi connectivity index (χ1v) is 8.36. The zero-order valence-electron chi connectivity index (χ0n) is 12.5. The van der Waals surface area contributed by atoms with E-state index in [2.05, 4.69) is 26.6 Å². The molecule has 124 valence electrons. The zero-order valence-corrected chi connectivity index (χ0v) is 14.9. The van der Waals surface area contributed by atoms with Gasteiger partial charge in [-0.3, -0.25) is 4.79 Å². The van der Waals surface area contributed by atoms with Gasteiger partial charge in [-0.15, -0.1) is 12.4 Å². The van der Waals surface area contributed by atoms with Crippen molar-refractivity contribution in [2.75, 3.05) is 19.6 Å². The fourth-order valence-corrected chi connectivity index (χ4v) is 3.07. The molecule has 1 aromatic carbocycles. The summed E-state index contributed by atoms with van der Waals surface area (Å²) in [5.74, 6) is 0.519. The molecule has 1 aliphatic heterocycles. The van der Waals surface area contributed by atoms with E-state index in [0.717, 1.165) is 36.8 Å². The van der Waals surface area contributed by atoms with Crippen LogP contribution in [0.1, 0.15) is 31.2 Å². The molecule has 1 aromatic rings. The summed E-state index contributed by atoms with van der Waals surface area (Å²) in [6.07, 6.45) is 4.38. The van der Waals surface area contributed by atoms with E-state index in [-0.39, 0.29) is 24.1 Å². The van der Waals surface area contributed by atoms with Crippen molar-refractivity contribution in [3.05, 3.63) is 34.1 Å². The maximum atomic E-state index is 13.5. The molecular formula is C16H23BrClFN2O. The Labute approximate surface area is 146 Å². The van der Waals surface area contributed by atoms with Crippen LogP contribution in [0.2, 0.25) is 0 Å². The van der Waals surface area contributed by atoms with Gasteiger partial charge in [-0.2, -0.15) is 0 Å². The van der Waals surface area contributed by atoms with Crippen molar-refractivity contribution >= 4 is 34.2 Å². The summed E-state index contributed by atoms with van der Waals surface area (Å²) in [5.41, 5.74) is 0.628. The van der Waals surface area contributed by atoms with Crippen molar-refractivity contribution in [3.8, 4) is 0 Å². The van der Waals surface area contributed by atoms with Crippen LogP contribution in [0.5, 0.6) is 0 Å². The molecule has 22 heavy (non-hydrogen) atoms. The minimum Gasteiger partial charge on any atom is -0.356 e. The minimum atomic E-state index is -0.220. The first-order chi connectivity index (χ1) is 10.1. The highest BCUT2D eigenvalue weighted by Gasteiger charge is 2.14. The molecule has 1 saturated heterocycles. The highest BCUT2D eigenvalue weighted by atomic mass is 79.9. The van der Waals surface area contributed by atoms with Gasteiger partial charge >= 0.3 is 0 Å². The number of hydrogen-bond donors (Lipinski definition) is 2. The predicted octanol–water partition coefficient (Wildman–Crippen LogP) is 3.45. The molecule has 0 radical (unpaired) electrons. The quantitative estimate of drug-likeness (QED) is 0.777. The van der Waals surface area contributed by atoms with Gasteiger partial charge in [-0.25, -0.2) is 4.39 Å². The van der Waals surface area contributed by atoms with Crippen LogP contribution in [0.3, 0.4) is 0 Å². The van der Waals surface area contributed by atoms with Gasteiger partial charge in [0.1, 0.15) is 5.82 Å². The number of halogens is 3. The molecule has 1 aliphatic rings.